The minimum Gasteiger partial charge on any atom is -0.378 e. The van der Waals surface area contributed by atoms with Gasteiger partial charge in [-0.05, 0) is 6.92 Å². The second-order valence-corrected chi connectivity index (χ2v) is 4.01. The molecule has 0 amide bonds. The summed E-state index contributed by atoms with van der Waals surface area (Å²) < 4.78 is 5.35. The van der Waals surface area contributed by atoms with Crippen LogP contribution in [-0.2, 0) is 11.2 Å². The summed E-state index contributed by atoms with van der Waals surface area (Å²) in [4.78, 5) is 11.3. The Kier molecular flexibility index (Phi) is 4.14. The van der Waals surface area contributed by atoms with E-state index in [0.29, 0.717) is 0 Å². The number of hydrogen-bond donors (Lipinski definition) is 1. The van der Waals surface area contributed by atoms with E-state index in [1.54, 1.807) is 0 Å². The molecule has 0 saturated carbocycles. The Bertz CT molecular complexity index is 364. The first-order chi connectivity index (χ1) is 8.33. The lowest BCUT2D eigenvalue weighted by molar-refractivity contribution is 0.122. The van der Waals surface area contributed by atoms with Crippen LogP contribution in [0.4, 0.5) is 11.6 Å². The van der Waals surface area contributed by atoms with Crippen molar-refractivity contribution in [1.82, 2.24) is 9.97 Å². The van der Waals surface area contributed by atoms with Crippen molar-refractivity contribution in [3.05, 3.63) is 11.9 Å². The van der Waals surface area contributed by atoms with E-state index in [9.17, 15) is 0 Å². The standard InChI is InChI=1S/C12H20N4O/c1-3-10-14-11(13-4-2)9-12(15-10)16-5-7-17-8-6-16/h9H,3-8H2,1-2H3,(H,13,14,15). The van der Waals surface area contributed by atoms with Gasteiger partial charge in [-0.2, -0.15) is 0 Å². The molecule has 5 nitrogen and oxygen atoms in total. The van der Waals surface area contributed by atoms with Gasteiger partial charge in [-0.15, -0.1) is 0 Å². The lowest BCUT2D eigenvalue weighted by Gasteiger charge is -2.28. The van der Waals surface area contributed by atoms with Gasteiger partial charge in [0.25, 0.3) is 0 Å². The van der Waals surface area contributed by atoms with Crippen molar-refractivity contribution >= 4 is 11.6 Å². The number of aryl methyl sites for hydroxylation is 1. The molecule has 1 aromatic rings. The molecule has 17 heavy (non-hydrogen) atoms. The number of ether oxygens (including phenoxy) is 1. The van der Waals surface area contributed by atoms with E-state index in [1.165, 1.54) is 0 Å². The Hall–Kier alpha value is -1.36. The number of aromatic nitrogens is 2. The predicted molar refractivity (Wildman–Crippen MR) is 68.6 cm³/mol. The smallest absolute Gasteiger partial charge is 0.134 e. The SMILES string of the molecule is CCNc1cc(N2CCOCC2)nc(CC)n1. The zero-order chi connectivity index (χ0) is 12.1. The van der Waals surface area contributed by atoms with E-state index in [1.807, 2.05) is 6.07 Å². The highest BCUT2D eigenvalue weighted by atomic mass is 16.5. The quantitative estimate of drug-likeness (QED) is 0.854. The van der Waals surface area contributed by atoms with Gasteiger partial charge in [0, 0.05) is 32.1 Å². The molecule has 1 saturated heterocycles. The fraction of sp³-hybridized carbons (Fsp3) is 0.667. The van der Waals surface area contributed by atoms with Crippen LogP contribution >= 0.6 is 0 Å². The van der Waals surface area contributed by atoms with E-state index in [0.717, 1.165) is 56.7 Å². The number of hydrogen-bond acceptors (Lipinski definition) is 5. The Labute approximate surface area is 102 Å². The van der Waals surface area contributed by atoms with Gasteiger partial charge in [-0.1, -0.05) is 6.92 Å². The zero-order valence-electron chi connectivity index (χ0n) is 10.6. The van der Waals surface area contributed by atoms with Crippen molar-refractivity contribution in [2.24, 2.45) is 0 Å². The molecule has 0 bridgehead atoms. The summed E-state index contributed by atoms with van der Waals surface area (Å²) in [6.07, 6.45) is 0.858. The Morgan fingerprint density at radius 2 is 2.06 bits per heavy atom. The molecule has 1 aliphatic heterocycles. The van der Waals surface area contributed by atoms with Crippen molar-refractivity contribution in [2.45, 2.75) is 20.3 Å². The summed E-state index contributed by atoms with van der Waals surface area (Å²) in [5, 5.41) is 3.25. The third kappa shape index (κ3) is 3.06. The van der Waals surface area contributed by atoms with Gasteiger partial charge >= 0.3 is 0 Å². The summed E-state index contributed by atoms with van der Waals surface area (Å²) in [6, 6.07) is 2.02. The van der Waals surface area contributed by atoms with Gasteiger partial charge in [-0.3, -0.25) is 0 Å². The largest absolute Gasteiger partial charge is 0.378 e. The summed E-state index contributed by atoms with van der Waals surface area (Å²) >= 11 is 0. The number of morpholine rings is 1. The maximum Gasteiger partial charge on any atom is 0.134 e. The van der Waals surface area contributed by atoms with Gasteiger partial charge in [-0.25, -0.2) is 9.97 Å². The molecule has 0 atom stereocenters. The van der Waals surface area contributed by atoms with Crippen LogP contribution in [0.15, 0.2) is 6.07 Å². The summed E-state index contributed by atoms with van der Waals surface area (Å²) in [5.74, 6) is 2.82. The highest BCUT2D eigenvalue weighted by molar-refractivity contribution is 5.49. The number of nitrogens with one attached hydrogen (secondary N) is 1. The number of nitrogens with zero attached hydrogens (tertiary/aromatic N) is 3. The molecule has 0 unspecified atom stereocenters. The van der Waals surface area contributed by atoms with Gasteiger partial charge in [0.2, 0.25) is 0 Å². The molecule has 1 N–H and O–H groups in total. The lowest BCUT2D eigenvalue weighted by Crippen LogP contribution is -2.37. The Balaban J connectivity index is 2.21. The van der Waals surface area contributed by atoms with E-state index < -0.39 is 0 Å². The fourth-order valence-corrected chi connectivity index (χ4v) is 1.87. The first-order valence-electron chi connectivity index (χ1n) is 6.28. The number of anilines is 2. The lowest BCUT2D eigenvalue weighted by atomic mass is 10.3. The van der Waals surface area contributed by atoms with E-state index in [2.05, 4.69) is 34.0 Å². The normalized spacial score (nSPS) is 16.0. The van der Waals surface area contributed by atoms with Crippen molar-refractivity contribution in [3.8, 4) is 0 Å². The van der Waals surface area contributed by atoms with Crippen molar-refractivity contribution in [2.75, 3.05) is 43.1 Å². The molecule has 2 heterocycles. The molecule has 1 aliphatic rings. The van der Waals surface area contributed by atoms with Gasteiger partial charge < -0.3 is 15.0 Å². The third-order valence-electron chi connectivity index (χ3n) is 2.77. The number of rotatable bonds is 4. The molecule has 94 valence electrons. The molecular formula is C12H20N4O. The van der Waals surface area contributed by atoms with Crippen LogP contribution in [0.25, 0.3) is 0 Å². The molecule has 2 rings (SSSR count). The molecule has 1 aromatic heterocycles. The average Bonchev–Trinajstić information content (AvgIpc) is 2.40. The predicted octanol–water partition coefficient (Wildman–Crippen LogP) is 1.31. The summed E-state index contributed by atoms with van der Waals surface area (Å²) in [7, 11) is 0. The van der Waals surface area contributed by atoms with Crippen molar-refractivity contribution in [3.63, 3.8) is 0 Å². The first-order valence-corrected chi connectivity index (χ1v) is 6.28. The molecule has 0 spiro atoms. The van der Waals surface area contributed by atoms with E-state index in [4.69, 9.17) is 4.74 Å². The first kappa shape index (κ1) is 12.1. The molecule has 0 aromatic carbocycles. The van der Waals surface area contributed by atoms with E-state index >= 15 is 0 Å². The molecule has 0 radical (unpaired) electrons. The van der Waals surface area contributed by atoms with Gasteiger partial charge in [0.15, 0.2) is 0 Å². The maximum atomic E-state index is 5.35. The van der Waals surface area contributed by atoms with Crippen LogP contribution in [0.1, 0.15) is 19.7 Å². The molecular weight excluding hydrogens is 216 g/mol. The topological polar surface area (TPSA) is 50.3 Å². The van der Waals surface area contributed by atoms with Crippen LogP contribution in [0.3, 0.4) is 0 Å². The van der Waals surface area contributed by atoms with Crippen LogP contribution in [0.2, 0.25) is 0 Å². The van der Waals surface area contributed by atoms with Gasteiger partial charge in [0.1, 0.15) is 17.5 Å². The van der Waals surface area contributed by atoms with Crippen molar-refractivity contribution < 1.29 is 4.74 Å². The Morgan fingerprint density at radius 3 is 2.71 bits per heavy atom. The molecule has 1 fully saturated rings. The monoisotopic (exact) mass is 236 g/mol. The summed E-state index contributed by atoms with van der Waals surface area (Å²) in [5.41, 5.74) is 0. The van der Waals surface area contributed by atoms with E-state index in [-0.39, 0.29) is 0 Å². The van der Waals surface area contributed by atoms with Crippen LogP contribution in [0, 0.1) is 0 Å². The second-order valence-electron chi connectivity index (χ2n) is 4.01. The average molecular weight is 236 g/mol. The third-order valence-corrected chi connectivity index (χ3v) is 2.77. The highest BCUT2D eigenvalue weighted by Gasteiger charge is 2.14. The maximum absolute atomic E-state index is 5.35. The second kappa shape index (κ2) is 5.82. The minimum absolute atomic E-state index is 0.780. The fourth-order valence-electron chi connectivity index (χ4n) is 1.87. The van der Waals surface area contributed by atoms with Crippen LogP contribution < -0.4 is 10.2 Å². The Morgan fingerprint density at radius 1 is 1.29 bits per heavy atom. The van der Waals surface area contributed by atoms with Gasteiger partial charge in [0.05, 0.1) is 13.2 Å². The van der Waals surface area contributed by atoms with Crippen LogP contribution in [-0.4, -0.2) is 42.8 Å². The minimum atomic E-state index is 0.780. The highest BCUT2D eigenvalue weighted by Crippen LogP contribution is 2.17. The van der Waals surface area contributed by atoms with Crippen LogP contribution in [0.5, 0.6) is 0 Å². The molecule has 0 aliphatic carbocycles. The summed E-state index contributed by atoms with van der Waals surface area (Å²) in [6.45, 7) is 8.40. The molecule has 5 heteroatoms. The van der Waals surface area contributed by atoms with Crippen molar-refractivity contribution in [1.29, 1.82) is 0 Å². The zero-order valence-corrected chi connectivity index (χ0v) is 10.6.